The molecule has 28 heavy (non-hydrogen) atoms. The number of hydrogen-bond acceptors (Lipinski definition) is 4. The Labute approximate surface area is 162 Å². The maximum Gasteiger partial charge on any atom is 0.228 e. The zero-order chi connectivity index (χ0) is 19.3. The fourth-order valence-electron chi connectivity index (χ4n) is 4.79. The normalized spacial score (nSPS) is 22.9. The lowest BCUT2D eigenvalue weighted by atomic mass is 9.94. The number of para-hydroxylation sites is 1. The quantitative estimate of drug-likeness (QED) is 0.764. The van der Waals surface area contributed by atoms with Gasteiger partial charge in [0.25, 0.3) is 0 Å². The molecular weight excluding hydrogens is 354 g/mol. The monoisotopic (exact) mass is 375 g/mol. The summed E-state index contributed by atoms with van der Waals surface area (Å²) in [6.07, 6.45) is 0.225. The third-order valence-electron chi connectivity index (χ3n) is 6.01. The van der Waals surface area contributed by atoms with E-state index in [1.807, 2.05) is 41.3 Å². The van der Waals surface area contributed by atoms with E-state index in [1.165, 1.54) is 11.1 Å². The van der Waals surface area contributed by atoms with E-state index in [2.05, 4.69) is 22.6 Å². The molecule has 1 saturated heterocycles. The average molecular weight is 375 g/mol. The van der Waals surface area contributed by atoms with Crippen LogP contribution in [0.25, 0.3) is 11.0 Å². The molecule has 1 fully saturated rings. The van der Waals surface area contributed by atoms with Gasteiger partial charge in [-0.15, -0.1) is 0 Å². The van der Waals surface area contributed by atoms with Gasteiger partial charge in [0.2, 0.25) is 11.8 Å². The van der Waals surface area contributed by atoms with Crippen molar-refractivity contribution >= 4 is 22.8 Å². The van der Waals surface area contributed by atoms with Gasteiger partial charge in [0.1, 0.15) is 5.69 Å². The van der Waals surface area contributed by atoms with Crippen molar-refractivity contribution in [1.82, 2.24) is 15.4 Å². The van der Waals surface area contributed by atoms with Crippen LogP contribution in [0.1, 0.15) is 35.7 Å². The molecule has 2 heterocycles. The standard InChI is InChI=1S/C22H21N3O3/c1-13(26)23-22-15-7-3-2-6-14(15)17-11-25(12-18(17)22)21(27)10-19-16-8-4-5-9-20(16)28-24-19/h2-9,17-18,22H,10-12H2,1H3,(H,23,26)/t17-,18-,22+/m0/s1. The Morgan fingerprint density at radius 2 is 1.86 bits per heavy atom. The van der Waals surface area contributed by atoms with Gasteiger partial charge in [-0.3, -0.25) is 9.59 Å². The second kappa shape index (κ2) is 6.48. The van der Waals surface area contributed by atoms with E-state index in [-0.39, 0.29) is 36.1 Å². The van der Waals surface area contributed by atoms with E-state index in [9.17, 15) is 9.59 Å². The second-order valence-corrected chi connectivity index (χ2v) is 7.68. The SMILES string of the molecule is CC(=O)N[C@@H]1c2ccccc2[C@@H]2CN(C(=O)Cc3noc4ccccc34)C[C@H]12. The molecule has 0 bridgehead atoms. The number of benzene rings is 2. The first-order chi connectivity index (χ1) is 13.6. The molecule has 2 amide bonds. The predicted octanol–water partition coefficient (Wildman–Crippen LogP) is 2.80. The minimum atomic E-state index is -0.0423. The molecule has 0 unspecified atom stereocenters. The maximum atomic E-state index is 13.0. The largest absolute Gasteiger partial charge is 0.356 e. The Bertz CT molecular complexity index is 1070. The third kappa shape index (κ3) is 2.68. The summed E-state index contributed by atoms with van der Waals surface area (Å²) in [5.74, 6) is 0.470. The van der Waals surface area contributed by atoms with Crippen molar-refractivity contribution in [3.63, 3.8) is 0 Å². The van der Waals surface area contributed by atoms with E-state index in [0.29, 0.717) is 24.4 Å². The van der Waals surface area contributed by atoms with Crippen molar-refractivity contribution < 1.29 is 14.1 Å². The molecule has 3 atom stereocenters. The summed E-state index contributed by atoms with van der Waals surface area (Å²) in [7, 11) is 0. The molecule has 5 rings (SSSR count). The van der Waals surface area contributed by atoms with E-state index in [0.717, 1.165) is 5.39 Å². The van der Waals surface area contributed by atoms with Crippen LogP contribution in [0.2, 0.25) is 0 Å². The Hall–Kier alpha value is -3.15. The Morgan fingerprint density at radius 1 is 1.11 bits per heavy atom. The van der Waals surface area contributed by atoms with Crippen LogP contribution in [0.5, 0.6) is 0 Å². The highest BCUT2D eigenvalue weighted by Crippen LogP contribution is 2.49. The summed E-state index contributed by atoms with van der Waals surface area (Å²) in [5, 5.41) is 8.07. The Balaban J connectivity index is 1.38. The maximum absolute atomic E-state index is 13.0. The van der Waals surface area contributed by atoms with E-state index in [4.69, 9.17) is 4.52 Å². The summed E-state index contributed by atoms with van der Waals surface area (Å²) in [4.78, 5) is 26.6. The zero-order valence-electron chi connectivity index (χ0n) is 15.6. The van der Waals surface area contributed by atoms with Gasteiger partial charge in [-0.1, -0.05) is 41.6 Å². The Kier molecular flexibility index (Phi) is 3.93. The molecule has 1 aliphatic heterocycles. The van der Waals surface area contributed by atoms with Crippen molar-refractivity contribution in [2.24, 2.45) is 5.92 Å². The minimum Gasteiger partial charge on any atom is -0.356 e. The van der Waals surface area contributed by atoms with E-state index >= 15 is 0 Å². The smallest absolute Gasteiger partial charge is 0.228 e. The molecular formula is C22H21N3O3. The molecule has 0 radical (unpaired) electrons. The number of hydrogen-bond donors (Lipinski definition) is 1. The number of aromatic nitrogens is 1. The third-order valence-corrected chi connectivity index (χ3v) is 6.01. The average Bonchev–Trinajstić information content (AvgIpc) is 3.37. The van der Waals surface area contributed by atoms with Gasteiger partial charge in [0.05, 0.1) is 12.5 Å². The van der Waals surface area contributed by atoms with Crippen LogP contribution in [-0.4, -0.2) is 35.0 Å². The minimum absolute atomic E-state index is 0.0376. The van der Waals surface area contributed by atoms with Crippen LogP contribution >= 0.6 is 0 Å². The van der Waals surface area contributed by atoms with Gasteiger partial charge in [-0.05, 0) is 23.3 Å². The second-order valence-electron chi connectivity index (χ2n) is 7.68. The molecule has 1 aromatic heterocycles. The zero-order valence-corrected chi connectivity index (χ0v) is 15.6. The van der Waals surface area contributed by atoms with Crippen LogP contribution < -0.4 is 5.32 Å². The van der Waals surface area contributed by atoms with E-state index in [1.54, 1.807) is 6.92 Å². The van der Waals surface area contributed by atoms with Gasteiger partial charge in [-0.25, -0.2) is 0 Å². The molecule has 2 aromatic carbocycles. The van der Waals surface area contributed by atoms with Crippen LogP contribution in [0.3, 0.4) is 0 Å². The van der Waals surface area contributed by atoms with Crippen molar-refractivity contribution in [2.45, 2.75) is 25.3 Å². The summed E-state index contributed by atoms with van der Waals surface area (Å²) in [6, 6.07) is 15.8. The fraction of sp³-hybridized carbons (Fsp3) is 0.318. The van der Waals surface area contributed by atoms with Crippen LogP contribution in [-0.2, 0) is 16.0 Å². The molecule has 6 heteroatoms. The highest BCUT2D eigenvalue weighted by atomic mass is 16.5. The lowest BCUT2D eigenvalue weighted by Crippen LogP contribution is -2.34. The van der Waals surface area contributed by atoms with Gasteiger partial charge >= 0.3 is 0 Å². The summed E-state index contributed by atoms with van der Waals surface area (Å²) in [5.41, 5.74) is 3.80. The number of carbonyl (C=O) groups is 2. The Morgan fingerprint density at radius 3 is 2.68 bits per heavy atom. The number of nitrogens with zero attached hydrogens (tertiary/aromatic N) is 2. The van der Waals surface area contributed by atoms with Gasteiger partial charge < -0.3 is 14.7 Å². The molecule has 0 spiro atoms. The number of carbonyl (C=O) groups excluding carboxylic acids is 2. The van der Waals surface area contributed by atoms with Crippen molar-refractivity contribution in [2.75, 3.05) is 13.1 Å². The lowest BCUT2D eigenvalue weighted by molar-refractivity contribution is -0.129. The predicted molar refractivity (Wildman–Crippen MR) is 104 cm³/mol. The molecule has 2 aliphatic rings. The first-order valence-electron chi connectivity index (χ1n) is 9.59. The number of amides is 2. The van der Waals surface area contributed by atoms with Crippen molar-refractivity contribution in [3.8, 4) is 0 Å². The van der Waals surface area contributed by atoms with Gasteiger partial charge in [0.15, 0.2) is 5.58 Å². The summed E-state index contributed by atoms with van der Waals surface area (Å²) >= 11 is 0. The molecule has 6 nitrogen and oxygen atoms in total. The molecule has 1 aliphatic carbocycles. The van der Waals surface area contributed by atoms with Crippen molar-refractivity contribution in [1.29, 1.82) is 0 Å². The molecule has 1 N–H and O–H groups in total. The topological polar surface area (TPSA) is 75.4 Å². The lowest BCUT2D eigenvalue weighted by Gasteiger charge is -2.22. The first-order valence-corrected chi connectivity index (χ1v) is 9.59. The highest BCUT2D eigenvalue weighted by molar-refractivity contribution is 5.86. The van der Waals surface area contributed by atoms with Crippen LogP contribution in [0.15, 0.2) is 53.1 Å². The fourth-order valence-corrected chi connectivity index (χ4v) is 4.79. The highest BCUT2D eigenvalue weighted by Gasteiger charge is 2.47. The van der Waals surface area contributed by atoms with Crippen LogP contribution in [0.4, 0.5) is 0 Å². The number of nitrogens with one attached hydrogen (secondary N) is 1. The summed E-state index contributed by atoms with van der Waals surface area (Å²) < 4.78 is 5.33. The molecule has 142 valence electrons. The van der Waals surface area contributed by atoms with Gasteiger partial charge in [-0.2, -0.15) is 0 Å². The van der Waals surface area contributed by atoms with Gasteiger partial charge in [0, 0.05) is 37.2 Å². The number of fused-ring (bicyclic) bond motifs is 4. The first kappa shape index (κ1) is 17.0. The van der Waals surface area contributed by atoms with Crippen molar-refractivity contribution in [3.05, 3.63) is 65.4 Å². The molecule has 3 aromatic rings. The summed E-state index contributed by atoms with van der Waals surface area (Å²) in [6.45, 7) is 2.86. The molecule has 0 saturated carbocycles. The number of rotatable bonds is 3. The number of likely N-dealkylation sites (tertiary alicyclic amines) is 1. The van der Waals surface area contributed by atoms with E-state index < -0.39 is 0 Å². The van der Waals surface area contributed by atoms with Crippen LogP contribution in [0, 0.1) is 5.92 Å².